The Hall–Kier alpha value is -1.70. The number of nitrogens with zero attached hydrogens (tertiary/aromatic N) is 3. The van der Waals surface area contributed by atoms with Crippen molar-refractivity contribution in [2.75, 3.05) is 32.6 Å². The predicted molar refractivity (Wildman–Crippen MR) is 115 cm³/mol. The monoisotopic (exact) mass is 419 g/mol. The summed E-state index contributed by atoms with van der Waals surface area (Å²) in [7, 11) is -1.26. The maximum Gasteiger partial charge on any atom is 0.227 e. The molecule has 2 aromatic rings. The van der Waals surface area contributed by atoms with E-state index in [4.69, 9.17) is 4.74 Å². The lowest BCUT2D eigenvalue weighted by Crippen LogP contribution is -2.26. The van der Waals surface area contributed by atoms with Gasteiger partial charge in [0.15, 0.2) is 0 Å². The second-order valence-electron chi connectivity index (χ2n) is 7.90. The summed E-state index contributed by atoms with van der Waals surface area (Å²) in [6.45, 7) is 5.72. The van der Waals surface area contributed by atoms with Crippen LogP contribution in [0.2, 0.25) is 0 Å². The third-order valence-corrected chi connectivity index (χ3v) is 7.36. The molecule has 7 heteroatoms. The van der Waals surface area contributed by atoms with Crippen LogP contribution in [-0.4, -0.2) is 55.4 Å². The van der Waals surface area contributed by atoms with Gasteiger partial charge in [0.1, 0.15) is 0 Å². The number of hydrogen-bond acceptors (Lipinski definition) is 5. The van der Waals surface area contributed by atoms with Gasteiger partial charge in [-0.05, 0) is 50.8 Å². The predicted octanol–water partition coefficient (Wildman–Crippen LogP) is 3.17. The first-order valence-electron chi connectivity index (χ1n) is 10.6. The van der Waals surface area contributed by atoms with E-state index in [1.54, 1.807) is 13.1 Å². The molecule has 0 bridgehead atoms. The van der Waals surface area contributed by atoms with Gasteiger partial charge in [0.2, 0.25) is 15.0 Å². The smallest absolute Gasteiger partial charge is 0.227 e. The van der Waals surface area contributed by atoms with Crippen molar-refractivity contribution in [1.82, 2.24) is 14.5 Å². The van der Waals surface area contributed by atoms with Crippen LogP contribution in [0.15, 0.2) is 41.7 Å². The molecule has 1 aromatic heterocycles. The number of hydrogen-bond donors (Lipinski definition) is 0. The lowest BCUT2D eigenvalue weighted by molar-refractivity contribution is 0.0607. The number of ether oxygens (including phenoxy) is 1. The van der Waals surface area contributed by atoms with Crippen molar-refractivity contribution in [2.24, 2.45) is 5.92 Å². The summed E-state index contributed by atoms with van der Waals surface area (Å²) >= 11 is 0. The summed E-state index contributed by atoms with van der Waals surface area (Å²) in [6, 6.07) is 10.2. The normalized spacial score (nSPS) is 15.8. The first kappa shape index (κ1) is 22.0. The molecule has 29 heavy (non-hydrogen) atoms. The Bertz CT molecular complexity index is 859. The van der Waals surface area contributed by atoms with Gasteiger partial charge in [-0.15, -0.1) is 0 Å². The minimum absolute atomic E-state index is 0.0639. The molecule has 2 heterocycles. The number of aryl methyl sites for hydroxylation is 1. The Balaban J connectivity index is 1.69. The van der Waals surface area contributed by atoms with E-state index in [9.17, 15) is 8.42 Å². The van der Waals surface area contributed by atoms with E-state index >= 15 is 0 Å². The average Bonchev–Trinajstić information content (AvgIpc) is 3.15. The highest BCUT2D eigenvalue weighted by atomic mass is 32.2. The van der Waals surface area contributed by atoms with E-state index in [-0.39, 0.29) is 10.9 Å². The fraction of sp³-hybridized carbons (Fsp3) is 0.591. The van der Waals surface area contributed by atoms with Gasteiger partial charge in [-0.25, -0.2) is 13.4 Å². The molecular weight excluding hydrogens is 386 g/mol. The zero-order valence-electron chi connectivity index (χ0n) is 17.6. The molecule has 0 atom stereocenters. The fourth-order valence-corrected chi connectivity index (χ4v) is 4.83. The molecule has 0 spiro atoms. The lowest BCUT2D eigenvalue weighted by atomic mass is 9.96. The van der Waals surface area contributed by atoms with Crippen molar-refractivity contribution in [2.45, 2.75) is 50.9 Å². The highest BCUT2D eigenvalue weighted by molar-refractivity contribution is 7.91. The summed E-state index contributed by atoms with van der Waals surface area (Å²) in [5, 5.41) is 0.198. The molecule has 3 rings (SSSR count). The number of aromatic nitrogens is 2. The summed E-state index contributed by atoms with van der Waals surface area (Å²) in [6.07, 6.45) is 5.95. The van der Waals surface area contributed by atoms with Crippen LogP contribution >= 0.6 is 0 Å². The van der Waals surface area contributed by atoms with Crippen molar-refractivity contribution < 1.29 is 13.2 Å². The van der Waals surface area contributed by atoms with Crippen LogP contribution in [-0.2, 0) is 34.1 Å². The van der Waals surface area contributed by atoms with Gasteiger partial charge < -0.3 is 14.2 Å². The highest BCUT2D eigenvalue weighted by Crippen LogP contribution is 2.20. The molecule has 1 aliphatic rings. The molecule has 1 aliphatic heterocycles. The second kappa shape index (κ2) is 10.4. The summed E-state index contributed by atoms with van der Waals surface area (Å²) < 4.78 is 32.5. The zero-order valence-corrected chi connectivity index (χ0v) is 18.4. The Morgan fingerprint density at radius 2 is 1.93 bits per heavy atom. The number of imidazole rings is 1. The standard InChI is InChI=1S/C22H33N3O3S/c1-3-29(26,27)22-23-17-21(25(22)14-10-19-7-5-4-6-8-19)18-24(2)13-9-20-11-15-28-16-12-20/h4-8,17,20H,3,9-16,18H2,1-2H3. The summed E-state index contributed by atoms with van der Waals surface area (Å²) in [5.74, 6) is 0.791. The zero-order chi connectivity index (χ0) is 20.7. The molecule has 0 unspecified atom stereocenters. The van der Waals surface area contributed by atoms with E-state index < -0.39 is 9.84 Å². The molecule has 0 N–H and O–H groups in total. The van der Waals surface area contributed by atoms with Gasteiger partial charge in [0.25, 0.3) is 0 Å². The van der Waals surface area contributed by atoms with E-state index in [1.807, 2.05) is 22.8 Å². The first-order valence-corrected chi connectivity index (χ1v) is 12.2. The SMILES string of the molecule is CCS(=O)(=O)c1ncc(CN(C)CCC2CCOCC2)n1CCc1ccccc1. The maximum absolute atomic E-state index is 12.6. The molecule has 0 radical (unpaired) electrons. The minimum Gasteiger partial charge on any atom is -0.381 e. The van der Waals surface area contributed by atoms with E-state index in [2.05, 4.69) is 29.1 Å². The Labute approximate surface area is 174 Å². The molecule has 0 amide bonds. The quantitative estimate of drug-likeness (QED) is 0.592. The van der Waals surface area contributed by atoms with Crippen LogP contribution in [0.25, 0.3) is 0 Å². The summed E-state index contributed by atoms with van der Waals surface area (Å²) in [5.41, 5.74) is 2.15. The minimum atomic E-state index is -3.36. The van der Waals surface area contributed by atoms with Gasteiger partial charge in [-0.3, -0.25) is 0 Å². The second-order valence-corrected chi connectivity index (χ2v) is 10.1. The molecule has 160 valence electrons. The van der Waals surface area contributed by atoms with Crippen molar-refractivity contribution in [1.29, 1.82) is 0 Å². The summed E-state index contributed by atoms with van der Waals surface area (Å²) in [4.78, 5) is 6.58. The topological polar surface area (TPSA) is 64.4 Å². The Morgan fingerprint density at radius 3 is 2.62 bits per heavy atom. The maximum atomic E-state index is 12.6. The van der Waals surface area contributed by atoms with Gasteiger partial charge in [-0.2, -0.15) is 0 Å². The van der Waals surface area contributed by atoms with Crippen LogP contribution in [0, 0.1) is 5.92 Å². The van der Waals surface area contributed by atoms with E-state index in [0.29, 0.717) is 13.1 Å². The lowest BCUT2D eigenvalue weighted by Gasteiger charge is -2.25. The highest BCUT2D eigenvalue weighted by Gasteiger charge is 2.22. The number of benzene rings is 1. The van der Waals surface area contributed by atoms with Crippen LogP contribution in [0.4, 0.5) is 0 Å². The van der Waals surface area contributed by atoms with E-state index in [1.165, 1.54) is 5.56 Å². The van der Waals surface area contributed by atoms with Gasteiger partial charge in [-0.1, -0.05) is 37.3 Å². The number of rotatable bonds is 10. The molecular formula is C22H33N3O3S. The van der Waals surface area contributed by atoms with Gasteiger partial charge >= 0.3 is 0 Å². The van der Waals surface area contributed by atoms with Gasteiger partial charge in [0.05, 0.1) is 17.6 Å². The molecule has 6 nitrogen and oxygen atoms in total. The third kappa shape index (κ3) is 6.14. The van der Waals surface area contributed by atoms with Crippen LogP contribution in [0.5, 0.6) is 0 Å². The molecule has 0 aliphatic carbocycles. The fourth-order valence-electron chi connectivity index (χ4n) is 3.81. The van der Waals surface area contributed by atoms with Crippen LogP contribution in [0.1, 0.15) is 37.4 Å². The van der Waals surface area contributed by atoms with Crippen molar-refractivity contribution in [3.63, 3.8) is 0 Å². The van der Waals surface area contributed by atoms with Crippen molar-refractivity contribution >= 4 is 9.84 Å². The first-order chi connectivity index (χ1) is 14.0. The van der Waals surface area contributed by atoms with Crippen molar-refractivity contribution in [3.8, 4) is 0 Å². The average molecular weight is 420 g/mol. The van der Waals surface area contributed by atoms with Gasteiger partial charge in [0, 0.05) is 26.3 Å². The van der Waals surface area contributed by atoms with E-state index in [0.717, 1.165) is 57.1 Å². The van der Waals surface area contributed by atoms with Crippen molar-refractivity contribution in [3.05, 3.63) is 47.8 Å². The Kier molecular flexibility index (Phi) is 7.86. The molecule has 1 aromatic carbocycles. The largest absolute Gasteiger partial charge is 0.381 e. The molecule has 1 fully saturated rings. The third-order valence-electron chi connectivity index (χ3n) is 5.72. The number of sulfone groups is 1. The molecule has 0 saturated carbocycles. The molecule has 1 saturated heterocycles. The van der Waals surface area contributed by atoms with Crippen LogP contribution < -0.4 is 0 Å². The van der Waals surface area contributed by atoms with Crippen LogP contribution in [0.3, 0.4) is 0 Å². The Morgan fingerprint density at radius 1 is 1.21 bits per heavy atom.